The number of fused-ring (bicyclic) bond motifs is 1. The Hall–Kier alpha value is -1.89. The lowest BCUT2D eigenvalue weighted by molar-refractivity contribution is -0.286. The molecule has 1 aromatic carbocycles. The average molecular weight is 290 g/mol. The van der Waals surface area contributed by atoms with Crippen LogP contribution in [0.5, 0.6) is 11.5 Å². The van der Waals surface area contributed by atoms with Gasteiger partial charge in [0, 0.05) is 25.0 Å². The van der Waals surface area contributed by atoms with Crippen molar-refractivity contribution in [2.75, 3.05) is 4.90 Å². The number of ether oxygens (including phenoxy) is 2. The summed E-state index contributed by atoms with van der Waals surface area (Å²) in [6.45, 7) is 0. The predicted octanol–water partition coefficient (Wildman–Crippen LogP) is 2.31. The molecule has 0 radical (unpaired) electrons. The van der Waals surface area contributed by atoms with Gasteiger partial charge in [-0.25, -0.2) is 4.90 Å². The average Bonchev–Trinajstić information content (AvgIpc) is 2.76. The second kappa shape index (κ2) is 3.80. The van der Waals surface area contributed by atoms with Gasteiger partial charge in [-0.05, 0) is 0 Å². The summed E-state index contributed by atoms with van der Waals surface area (Å²) in [5, 5.41) is -0.0383. The van der Waals surface area contributed by atoms with Crippen LogP contribution in [0.4, 0.5) is 14.5 Å². The first-order valence-corrected chi connectivity index (χ1v) is 5.70. The zero-order valence-corrected chi connectivity index (χ0v) is 10.0. The van der Waals surface area contributed by atoms with Crippen molar-refractivity contribution in [1.29, 1.82) is 0 Å². The number of nitrogens with zero attached hydrogens (tertiary/aromatic N) is 1. The molecule has 0 aliphatic carbocycles. The van der Waals surface area contributed by atoms with Gasteiger partial charge in [-0.1, -0.05) is 11.6 Å². The van der Waals surface area contributed by atoms with E-state index in [1.54, 1.807) is 0 Å². The lowest BCUT2D eigenvalue weighted by Crippen LogP contribution is -2.28. The quantitative estimate of drug-likeness (QED) is 0.745. The fourth-order valence-electron chi connectivity index (χ4n) is 1.98. The van der Waals surface area contributed by atoms with Crippen LogP contribution in [0.3, 0.4) is 0 Å². The SMILES string of the molecule is O=C1CCC(=O)N1c1cc2c(cc1Cl)OC(F)(F)O2. The normalized spacial score (nSPS) is 20.3. The Morgan fingerprint density at radius 2 is 1.63 bits per heavy atom. The van der Waals surface area contributed by atoms with Crippen LogP contribution in [0.15, 0.2) is 12.1 Å². The molecule has 0 saturated carbocycles. The number of halogens is 3. The van der Waals surface area contributed by atoms with Crippen LogP contribution >= 0.6 is 11.6 Å². The zero-order chi connectivity index (χ0) is 13.8. The first-order valence-electron chi connectivity index (χ1n) is 5.32. The number of hydrogen-bond acceptors (Lipinski definition) is 4. The maximum Gasteiger partial charge on any atom is 0.586 e. The highest BCUT2D eigenvalue weighted by atomic mass is 35.5. The third-order valence-corrected chi connectivity index (χ3v) is 3.07. The minimum atomic E-state index is -3.77. The Morgan fingerprint density at radius 3 is 2.21 bits per heavy atom. The summed E-state index contributed by atoms with van der Waals surface area (Å²) in [7, 11) is 0. The lowest BCUT2D eigenvalue weighted by atomic mass is 10.2. The minimum absolute atomic E-state index is 0.0224. The number of imide groups is 1. The monoisotopic (exact) mass is 289 g/mol. The molecule has 0 spiro atoms. The smallest absolute Gasteiger partial charge is 0.395 e. The van der Waals surface area contributed by atoms with Gasteiger partial charge in [0.05, 0.1) is 10.7 Å². The molecule has 19 heavy (non-hydrogen) atoms. The Morgan fingerprint density at radius 1 is 1.11 bits per heavy atom. The summed E-state index contributed by atoms with van der Waals surface area (Å²) in [6, 6.07) is 2.19. The van der Waals surface area contributed by atoms with E-state index in [1.807, 2.05) is 0 Å². The molecule has 0 unspecified atom stereocenters. The van der Waals surface area contributed by atoms with E-state index in [0.717, 1.165) is 17.0 Å². The van der Waals surface area contributed by atoms with E-state index in [0.29, 0.717) is 0 Å². The van der Waals surface area contributed by atoms with E-state index in [9.17, 15) is 18.4 Å². The van der Waals surface area contributed by atoms with Gasteiger partial charge in [-0.2, -0.15) is 0 Å². The highest BCUT2D eigenvalue weighted by Crippen LogP contribution is 2.46. The van der Waals surface area contributed by atoms with Gasteiger partial charge < -0.3 is 9.47 Å². The number of rotatable bonds is 1. The molecule has 8 heteroatoms. The van der Waals surface area contributed by atoms with Crippen LogP contribution < -0.4 is 14.4 Å². The van der Waals surface area contributed by atoms with Crippen molar-refractivity contribution in [2.24, 2.45) is 0 Å². The third-order valence-electron chi connectivity index (χ3n) is 2.76. The Kier molecular flexibility index (Phi) is 2.43. The molecule has 2 aliphatic heterocycles. The lowest BCUT2D eigenvalue weighted by Gasteiger charge is -2.15. The minimum Gasteiger partial charge on any atom is -0.395 e. The number of carbonyl (C=O) groups is 2. The van der Waals surface area contributed by atoms with Crippen molar-refractivity contribution in [2.45, 2.75) is 19.1 Å². The van der Waals surface area contributed by atoms with Gasteiger partial charge in [-0.3, -0.25) is 9.59 Å². The summed E-state index contributed by atoms with van der Waals surface area (Å²) in [6.07, 6.45) is -3.64. The molecule has 0 N–H and O–H groups in total. The van der Waals surface area contributed by atoms with E-state index >= 15 is 0 Å². The van der Waals surface area contributed by atoms with Crippen molar-refractivity contribution < 1.29 is 27.8 Å². The van der Waals surface area contributed by atoms with Crippen molar-refractivity contribution in [3.63, 3.8) is 0 Å². The summed E-state index contributed by atoms with van der Waals surface area (Å²) in [4.78, 5) is 24.0. The largest absolute Gasteiger partial charge is 0.586 e. The number of carbonyl (C=O) groups excluding carboxylic acids is 2. The summed E-state index contributed by atoms with van der Waals surface area (Å²) < 4.78 is 34.3. The van der Waals surface area contributed by atoms with Crippen molar-refractivity contribution in [1.82, 2.24) is 0 Å². The second-order valence-corrected chi connectivity index (χ2v) is 4.45. The van der Waals surface area contributed by atoms with Gasteiger partial charge in [0.1, 0.15) is 0 Å². The molecular weight excluding hydrogens is 284 g/mol. The fourth-order valence-corrected chi connectivity index (χ4v) is 2.22. The Labute approximate surface area is 110 Å². The molecule has 0 atom stereocenters. The van der Waals surface area contributed by atoms with E-state index < -0.39 is 18.1 Å². The highest BCUT2D eigenvalue weighted by Gasteiger charge is 2.44. The Bertz CT molecular complexity index is 589. The number of amides is 2. The molecule has 1 saturated heterocycles. The van der Waals surface area contributed by atoms with Crippen LogP contribution in [0.25, 0.3) is 0 Å². The fraction of sp³-hybridized carbons (Fsp3) is 0.273. The molecular formula is C11H6ClF2NO4. The summed E-state index contributed by atoms with van der Waals surface area (Å²) >= 11 is 5.89. The van der Waals surface area contributed by atoms with Crippen molar-refractivity contribution in [3.05, 3.63) is 17.2 Å². The third kappa shape index (κ3) is 1.90. The van der Waals surface area contributed by atoms with Crippen LogP contribution in [-0.2, 0) is 9.59 Å². The molecule has 100 valence electrons. The number of benzene rings is 1. The van der Waals surface area contributed by atoms with Crippen LogP contribution in [0, 0.1) is 0 Å². The predicted molar refractivity (Wildman–Crippen MR) is 59.4 cm³/mol. The molecule has 1 aromatic rings. The number of alkyl halides is 2. The van der Waals surface area contributed by atoms with E-state index in [1.165, 1.54) is 0 Å². The van der Waals surface area contributed by atoms with E-state index in [-0.39, 0.29) is 35.1 Å². The topological polar surface area (TPSA) is 55.8 Å². The summed E-state index contributed by atoms with van der Waals surface area (Å²) in [5.41, 5.74) is 0.0224. The van der Waals surface area contributed by atoms with Gasteiger partial charge in [0.25, 0.3) is 0 Å². The van der Waals surface area contributed by atoms with Crippen LogP contribution in [0.1, 0.15) is 12.8 Å². The number of hydrogen-bond donors (Lipinski definition) is 0. The highest BCUT2D eigenvalue weighted by molar-refractivity contribution is 6.36. The first kappa shape index (κ1) is 12.2. The van der Waals surface area contributed by atoms with Crippen molar-refractivity contribution >= 4 is 29.1 Å². The molecule has 2 amide bonds. The maximum atomic E-state index is 12.9. The van der Waals surface area contributed by atoms with E-state index in [2.05, 4.69) is 9.47 Å². The van der Waals surface area contributed by atoms with Crippen molar-refractivity contribution in [3.8, 4) is 11.5 Å². The zero-order valence-electron chi connectivity index (χ0n) is 9.28. The molecule has 1 fully saturated rings. The molecule has 2 heterocycles. The summed E-state index contributed by atoms with van der Waals surface area (Å²) in [5.74, 6) is -1.37. The molecule has 3 rings (SSSR count). The van der Waals surface area contributed by atoms with Crippen LogP contribution in [-0.4, -0.2) is 18.1 Å². The van der Waals surface area contributed by atoms with Gasteiger partial charge in [0.15, 0.2) is 11.5 Å². The molecule has 0 aromatic heterocycles. The van der Waals surface area contributed by atoms with Gasteiger partial charge in [-0.15, -0.1) is 8.78 Å². The maximum absolute atomic E-state index is 12.9. The standard InChI is InChI=1S/C11H6ClF2NO4/c12-5-3-7-8(19-11(13,14)18-7)4-6(5)15-9(16)1-2-10(15)17/h3-4H,1-2H2. The molecule has 0 bridgehead atoms. The van der Waals surface area contributed by atoms with Gasteiger partial charge >= 0.3 is 6.29 Å². The van der Waals surface area contributed by atoms with Crippen LogP contribution in [0.2, 0.25) is 5.02 Å². The molecule has 5 nitrogen and oxygen atoms in total. The van der Waals surface area contributed by atoms with E-state index in [4.69, 9.17) is 11.6 Å². The number of anilines is 1. The Balaban J connectivity index is 2.06. The second-order valence-electron chi connectivity index (χ2n) is 4.04. The first-order chi connectivity index (χ1) is 8.87. The van der Waals surface area contributed by atoms with Gasteiger partial charge in [0.2, 0.25) is 11.8 Å². The molecule has 2 aliphatic rings.